The summed E-state index contributed by atoms with van der Waals surface area (Å²) in [5.74, 6) is 3.91. The molecule has 5 aliphatic rings. The van der Waals surface area contributed by atoms with Crippen LogP contribution in [0.3, 0.4) is 0 Å². The van der Waals surface area contributed by atoms with Crippen LogP contribution in [-0.4, -0.2) is 32.0 Å². The summed E-state index contributed by atoms with van der Waals surface area (Å²) in [5.41, 5.74) is 43.8. The minimum atomic E-state index is 0.474. The van der Waals surface area contributed by atoms with Crippen LogP contribution in [0.4, 0.5) is 0 Å². The average molecular weight is 1350 g/mol. The Morgan fingerprint density at radius 3 is 1.15 bits per heavy atom. The third-order valence-corrected chi connectivity index (χ3v) is 22.2. The average Bonchev–Trinajstić information content (AvgIpc) is 1.63. The number of aromatic nitrogens is 5. The minimum Gasteiger partial charge on any atom is -0.481 e. The molecule has 5 aliphatic carbocycles. The number of hydrogen-bond donors (Lipinski definition) is 0. The van der Waals surface area contributed by atoms with Crippen LogP contribution in [0, 0.1) is 32.1 Å². The van der Waals surface area contributed by atoms with E-state index in [1.165, 1.54) is 186 Å². The number of fused-ring (bicyclic) bond motifs is 5. The normalized spacial score (nSPS) is 13.7. The summed E-state index contributed by atoms with van der Waals surface area (Å²) in [7, 11) is 1.67. The van der Waals surface area contributed by atoms with E-state index in [0.717, 1.165) is 12.0 Å². The number of aryl methyl sites for hydroxylation is 6. The molecule has 0 saturated heterocycles. The maximum Gasteiger partial charge on any atom is 0.213 e. The molecule has 0 aliphatic heterocycles. The number of nitriles is 1. The lowest BCUT2D eigenvalue weighted by Crippen LogP contribution is -2.02. The van der Waals surface area contributed by atoms with Gasteiger partial charge < -0.3 is 4.74 Å². The molecule has 0 atom stereocenters. The monoisotopic (exact) mass is 1350 g/mol. The molecule has 0 unspecified atom stereocenters. The Balaban J connectivity index is 0.000000128. The summed E-state index contributed by atoms with van der Waals surface area (Å²) in [5, 5.41) is 9.08. The maximum absolute atomic E-state index is 9.08. The lowest BCUT2D eigenvalue weighted by Gasteiger charge is -2.20. The Hall–Kier alpha value is -8.86. The van der Waals surface area contributed by atoms with Gasteiger partial charge in [0.1, 0.15) is 11.8 Å². The molecular weight excluding hydrogens is 1240 g/mol. The number of ether oxygens (including phenoxy) is 1. The van der Waals surface area contributed by atoms with Crippen molar-refractivity contribution in [2.75, 3.05) is 7.11 Å². The van der Waals surface area contributed by atoms with Crippen LogP contribution in [0.15, 0.2) is 140 Å². The Labute approximate surface area is 612 Å². The molecule has 102 heavy (non-hydrogen) atoms. The van der Waals surface area contributed by atoms with Crippen molar-refractivity contribution in [3.63, 3.8) is 0 Å². The van der Waals surface area contributed by atoms with Gasteiger partial charge >= 0.3 is 0 Å². The minimum absolute atomic E-state index is 0.474. The van der Waals surface area contributed by atoms with E-state index in [4.69, 9.17) is 10.00 Å². The van der Waals surface area contributed by atoms with E-state index in [-0.39, 0.29) is 0 Å². The quantitative estimate of drug-likeness (QED) is 0.113. The van der Waals surface area contributed by atoms with Gasteiger partial charge in [0.15, 0.2) is 0 Å². The molecule has 0 spiro atoms. The first-order chi connectivity index (χ1) is 49.2. The molecule has 5 heterocycles. The van der Waals surface area contributed by atoms with Crippen LogP contribution in [0.2, 0.25) is 0 Å². The van der Waals surface area contributed by atoms with Gasteiger partial charge in [-0.3, -0.25) is 15.0 Å². The van der Waals surface area contributed by atoms with E-state index < -0.39 is 0 Å². The fourth-order valence-corrected chi connectivity index (χ4v) is 17.6. The molecule has 5 aromatic carbocycles. The molecule has 5 aromatic heterocycles. The predicted octanol–water partition coefficient (Wildman–Crippen LogP) is 24.3. The van der Waals surface area contributed by atoms with Gasteiger partial charge in [0.05, 0.1) is 7.11 Å². The molecule has 15 rings (SSSR count). The molecular formula is C95H112N6O. The second kappa shape index (κ2) is 33.5. The van der Waals surface area contributed by atoms with Gasteiger partial charge in [0.25, 0.3) is 0 Å². The molecule has 10 aromatic rings. The SMILES string of the molecule is CC(C)c1cc(-c2ccc3c(c2C(C)C)CCC3)ccn1.CCc1cc(-c2ccc3c(c2C(C)C)CCC3)ccn1.COc1cc(-c2cc(C)c3c(c2C(C)C)CCC3)ccn1.Cc1cc(-c2ccnc(C#N)c2)c(C(C)C)c2c1CCC2.Cc1cc(-c2ccncc2)c(C(C)C)c2c1CCC2. The fraction of sp³-hybridized carbons (Fsp3) is 0.411. The van der Waals surface area contributed by atoms with Crippen molar-refractivity contribution < 1.29 is 4.74 Å². The summed E-state index contributed by atoms with van der Waals surface area (Å²) in [6, 6.07) is 39.7. The molecule has 0 bridgehead atoms. The first kappa shape index (κ1) is 74.3. The van der Waals surface area contributed by atoms with Crippen LogP contribution in [0.1, 0.15) is 275 Å². The van der Waals surface area contributed by atoms with E-state index in [1.807, 2.05) is 49.2 Å². The van der Waals surface area contributed by atoms with Crippen molar-refractivity contribution in [1.82, 2.24) is 24.9 Å². The number of nitrogens with zero attached hydrogens (tertiary/aromatic N) is 6. The van der Waals surface area contributed by atoms with E-state index in [9.17, 15) is 0 Å². The van der Waals surface area contributed by atoms with Gasteiger partial charge in [-0.1, -0.05) is 132 Å². The first-order valence-corrected chi connectivity index (χ1v) is 38.6. The number of hydrogen-bond acceptors (Lipinski definition) is 7. The van der Waals surface area contributed by atoms with Crippen LogP contribution in [0.25, 0.3) is 55.6 Å². The lowest BCUT2D eigenvalue weighted by atomic mass is 9.85. The maximum atomic E-state index is 9.08. The molecule has 7 nitrogen and oxygen atoms in total. The zero-order chi connectivity index (χ0) is 72.5. The summed E-state index contributed by atoms with van der Waals surface area (Å²) in [4.78, 5) is 21.4. The van der Waals surface area contributed by atoms with Crippen molar-refractivity contribution in [2.24, 2.45) is 0 Å². The molecule has 528 valence electrons. The van der Waals surface area contributed by atoms with Gasteiger partial charge in [0, 0.05) is 54.6 Å². The lowest BCUT2D eigenvalue weighted by molar-refractivity contribution is 0.398. The smallest absolute Gasteiger partial charge is 0.213 e. The number of benzene rings is 5. The van der Waals surface area contributed by atoms with Gasteiger partial charge in [-0.15, -0.1) is 0 Å². The Kier molecular flexibility index (Phi) is 24.4. The molecule has 7 heteroatoms. The van der Waals surface area contributed by atoms with Gasteiger partial charge in [-0.25, -0.2) is 9.97 Å². The van der Waals surface area contributed by atoms with Crippen LogP contribution in [-0.2, 0) is 70.6 Å². The largest absolute Gasteiger partial charge is 0.481 e. The van der Waals surface area contributed by atoms with Gasteiger partial charge in [-0.2, -0.15) is 5.26 Å². The van der Waals surface area contributed by atoms with Crippen molar-refractivity contribution in [3.05, 3.63) is 258 Å². The molecule has 0 N–H and O–H groups in total. The van der Waals surface area contributed by atoms with E-state index in [0.29, 0.717) is 47.1 Å². The second-order valence-electron chi connectivity index (χ2n) is 31.1. The van der Waals surface area contributed by atoms with Crippen molar-refractivity contribution in [1.29, 1.82) is 5.26 Å². The zero-order valence-electron chi connectivity index (χ0n) is 64.6. The molecule has 0 fully saturated rings. The Bertz CT molecular complexity index is 4650. The topological polar surface area (TPSA) is 97.5 Å². The third kappa shape index (κ3) is 16.3. The van der Waals surface area contributed by atoms with E-state index in [1.54, 1.807) is 85.6 Å². The highest BCUT2D eigenvalue weighted by Crippen LogP contribution is 2.45. The summed E-state index contributed by atoms with van der Waals surface area (Å²) in [6.45, 7) is 36.3. The predicted molar refractivity (Wildman–Crippen MR) is 428 cm³/mol. The molecule has 0 radical (unpaired) electrons. The van der Waals surface area contributed by atoms with Gasteiger partial charge in [0.2, 0.25) is 5.88 Å². The van der Waals surface area contributed by atoms with E-state index in [2.05, 4.69) is 227 Å². The van der Waals surface area contributed by atoms with Crippen molar-refractivity contribution in [2.45, 2.75) is 249 Å². The Morgan fingerprint density at radius 2 is 0.716 bits per heavy atom. The Morgan fingerprint density at radius 1 is 0.353 bits per heavy atom. The fourth-order valence-electron chi connectivity index (χ4n) is 17.6. The highest BCUT2D eigenvalue weighted by atomic mass is 16.5. The van der Waals surface area contributed by atoms with Gasteiger partial charge in [-0.05, 0) is 369 Å². The van der Waals surface area contributed by atoms with Crippen LogP contribution in [0.5, 0.6) is 5.88 Å². The highest BCUT2D eigenvalue weighted by molar-refractivity contribution is 5.77. The number of methoxy groups -OCH3 is 1. The third-order valence-electron chi connectivity index (χ3n) is 22.2. The summed E-state index contributed by atoms with van der Waals surface area (Å²) < 4.78 is 5.29. The van der Waals surface area contributed by atoms with Crippen molar-refractivity contribution >= 4 is 0 Å². The highest BCUT2D eigenvalue weighted by Gasteiger charge is 2.28. The second-order valence-corrected chi connectivity index (χ2v) is 31.1. The molecule has 0 amide bonds. The zero-order valence-corrected chi connectivity index (χ0v) is 64.6. The van der Waals surface area contributed by atoms with Crippen LogP contribution < -0.4 is 4.74 Å². The standard InChI is InChI=1S/C20H25N.C19H20N2.C19H23NO.C19H23N.C18H21N/c1-13(2)19-12-16(10-11-21-19)18-9-8-15-6-5-7-17(15)20(18)14(3)4;1-12(2)19-17-6-4-5-16(17)13(3)9-18(19)14-7-8-21-15(10-14)11-20;1-12(2)19-16-7-5-6-15(16)13(3)10-17(19)14-8-9-20-18(11-14)21-4;1-4-16-12-15(10-11-20-16)18-9-8-14-6-5-7-17(14)19(18)13(2)3;1-12(2)18-16-6-4-5-15(16)13(3)11-17(18)14-7-9-19-10-8-14/h8-14H,5-7H2,1-4H3;7-10,12H,4-6H2,1-3H3;8-12H,5-7H2,1-4H3;8-13H,4-7H2,1-3H3;7-12H,4-6H2,1-3H3. The van der Waals surface area contributed by atoms with Crippen LogP contribution >= 0.6 is 0 Å². The number of pyridine rings is 5. The summed E-state index contributed by atoms with van der Waals surface area (Å²) in [6.07, 6.45) is 31.1. The number of rotatable bonds is 13. The first-order valence-electron chi connectivity index (χ1n) is 38.6. The molecule has 0 saturated carbocycles. The summed E-state index contributed by atoms with van der Waals surface area (Å²) >= 11 is 0. The van der Waals surface area contributed by atoms with Crippen molar-refractivity contribution in [3.8, 4) is 67.6 Å². The van der Waals surface area contributed by atoms with E-state index >= 15 is 0 Å².